The highest BCUT2D eigenvalue weighted by atomic mass is 19.4. The van der Waals surface area contributed by atoms with Crippen molar-refractivity contribution in [2.24, 2.45) is 4.99 Å². The topological polar surface area (TPSA) is 91.1 Å². The van der Waals surface area contributed by atoms with E-state index in [4.69, 9.17) is 4.42 Å². The van der Waals surface area contributed by atoms with Crippen molar-refractivity contribution in [3.63, 3.8) is 0 Å². The van der Waals surface area contributed by atoms with Gasteiger partial charge in [-0.05, 0) is 29.8 Å². The highest BCUT2D eigenvalue weighted by Crippen LogP contribution is 2.32. The Morgan fingerprint density at radius 1 is 1.21 bits per heavy atom. The molecule has 28 heavy (non-hydrogen) atoms. The van der Waals surface area contributed by atoms with Crippen LogP contribution in [0.4, 0.5) is 17.6 Å². The summed E-state index contributed by atoms with van der Waals surface area (Å²) in [5.41, 5.74) is -1.13. The van der Waals surface area contributed by atoms with Gasteiger partial charge in [0.05, 0.1) is 18.4 Å². The molecule has 0 aliphatic carbocycles. The first-order valence-corrected chi connectivity index (χ1v) is 8.12. The van der Waals surface area contributed by atoms with Crippen LogP contribution in [0.1, 0.15) is 17.0 Å². The molecule has 7 nitrogen and oxygen atoms in total. The molecule has 1 aromatic carbocycles. The number of nitrogens with one attached hydrogen (secondary N) is 3. The average Bonchev–Trinajstić information content (AvgIpc) is 3.33. The summed E-state index contributed by atoms with van der Waals surface area (Å²) in [5.74, 6) is 0.656. The number of aliphatic imine (C=N–C) groups is 1. The molecule has 0 radical (unpaired) electrons. The molecule has 2 aromatic heterocycles. The summed E-state index contributed by atoms with van der Waals surface area (Å²) in [6.45, 7) is 0.00573. The van der Waals surface area contributed by atoms with E-state index in [0.29, 0.717) is 23.5 Å². The Balaban J connectivity index is 1.60. The Bertz CT molecular complexity index is 949. The number of alkyl halides is 3. The summed E-state index contributed by atoms with van der Waals surface area (Å²) < 4.78 is 57.5. The van der Waals surface area contributed by atoms with E-state index in [9.17, 15) is 17.6 Å². The molecule has 0 spiro atoms. The van der Waals surface area contributed by atoms with Crippen molar-refractivity contribution < 1.29 is 22.0 Å². The lowest BCUT2D eigenvalue weighted by Crippen LogP contribution is -2.37. The average molecular weight is 396 g/mol. The van der Waals surface area contributed by atoms with Gasteiger partial charge in [0.25, 0.3) is 0 Å². The molecule has 0 amide bonds. The van der Waals surface area contributed by atoms with Crippen LogP contribution >= 0.6 is 0 Å². The van der Waals surface area contributed by atoms with Crippen LogP contribution in [-0.4, -0.2) is 28.2 Å². The SMILES string of the molecule is CN=C(NCc1nc(-c2ccco2)n[nH]1)NCc1ccc(F)cc1C(F)(F)F. The van der Waals surface area contributed by atoms with Gasteiger partial charge in [0.2, 0.25) is 5.82 Å². The van der Waals surface area contributed by atoms with Gasteiger partial charge in [-0.3, -0.25) is 10.1 Å². The molecule has 0 aliphatic rings. The van der Waals surface area contributed by atoms with Gasteiger partial charge >= 0.3 is 6.18 Å². The molecule has 148 valence electrons. The van der Waals surface area contributed by atoms with Crippen molar-refractivity contribution in [2.75, 3.05) is 7.05 Å². The summed E-state index contributed by atoms with van der Waals surface area (Å²) >= 11 is 0. The van der Waals surface area contributed by atoms with Crippen LogP contribution in [0.15, 0.2) is 46.0 Å². The van der Waals surface area contributed by atoms with Crippen LogP contribution in [0, 0.1) is 5.82 Å². The normalized spacial score (nSPS) is 12.2. The fourth-order valence-corrected chi connectivity index (χ4v) is 2.42. The number of hydrogen-bond donors (Lipinski definition) is 3. The van der Waals surface area contributed by atoms with E-state index in [0.717, 1.165) is 12.1 Å². The van der Waals surface area contributed by atoms with E-state index in [1.807, 2.05) is 0 Å². The number of guanidine groups is 1. The van der Waals surface area contributed by atoms with Crippen molar-refractivity contribution >= 4 is 5.96 Å². The first-order valence-electron chi connectivity index (χ1n) is 8.12. The minimum absolute atomic E-state index is 0.100. The van der Waals surface area contributed by atoms with Gasteiger partial charge in [0.1, 0.15) is 11.6 Å². The van der Waals surface area contributed by atoms with Crippen molar-refractivity contribution in [3.05, 3.63) is 59.4 Å². The maximum atomic E-state index is 13.2. The molecule has 3 N–H and O–H groups in total. The lowest BCUT2D eigenvalue weighted by Gasteiger charge is -2.15. The zero-order chi connectivity index (χ0) is 20.1. The van der Waals surface area contributed by atoms with E-state index in [-0.39, 0.29) is 24.6 Å². The lowest BCUT2D eigenvalue weighted by molar-refractivity contribution is -0.138. The highest BCUT2D eigenvalue weighted by Gasteiger charge is 2.33. The fourth-order valence-electron chi connectivity index (χ4n) is 2.42. The molecule has 2 heterocycles. The van der Waals surface area contributed by atoms with Gasteiger partial charge in [0, 0.05) is 13.6 Å². The number of benzene rings is 1. The first kappa shape index (κ1) is 19.4. The first-order chi connectivity index (χ1) is 13.4. The molecule has 0 unspecified atom stereocenters. The zero-order valence-corrected chi connectivity index (χ0v) is 14.6. The predicted octanol–water partition coefficient (Wildman–Crippen LogP) is 3.09. The van der Waals surface area contributed by atoms with Gasteiger partial charge < -0.3 is 15.1 Å². The minimum atomic E-state index is -4.65. The third-order valence-corrected chi connectivity index (χ3v) is 3.74. The largest absolute Gasteiger partial charge is 0.461 e. The Kier molecular flexibility index (Phi) is 5.62. The summed E-state index contributed by atoms with van der Waals surface area (Å²) in [5, 5.41) is 12.4. The summed E-state index contributed by atoms with van der Waals surface area (Å²) in [7, 11) is 1.47. The number of aromatic amines is 1. The fraction of sp³-hybridized carbons (Fsp3) is 0.235. The van der Waals surface area contributed by atoms with E-state index in [2.05, 4.69) is 30.8 Å². The molecule has 0 atom stereocenters. The Labute approximate surface area is 156 Å². The smallest absolute Gasteiger partial charge is 0.416 e. The number of halogens is 4. The van der Waals surface area contributed by atoms with Crippen LogP contribution in [0.25, 0.3) is 11.6 Å². The van der Waals surface area contributed by atoms with E-state index < -0.39 is 17.6 Å². The number of H-pyrrole nitrogens is 1. The van der Waals surface area contributed by atoms with Crippen molar-refractivity contribution in [3.8, 4) is 11.6 Å². The molecule has 0 bridgehead atoms. The van der Waals surface area contributed by atoms with E-state index in [1.54, 1.807) is 12.1 Å². The van der Waals surface area contributed by atoms with Crippen LogP contribution in [0.2, 0.25) is 0 Å². The van der Waals surface area contributed by atoms with Crippen LogP contribution in [0.3, 0.4) is 0 Å². The Hall–Kier alpha value is -3.37. The Morgan fingerprint density at radius 3 is 2.68 bits per heavy atom. The maximum absolute atomic E-state index is 13.2. The number of rotatable bonds is 5. The van der Waals surface area contributed by atoms with Crippen molar-refractivity contribution in [1.82, 2.24) is 25.8 Å². The standard InChI is InChI=1S/C17H16F4N6O/c1-22-16(23-8-10-4-5-11(18)7-12(10)17(19,20)21)24-9-14-25-15(27-26-14)13-3-2-6-28-13/h2-7H,8-9H2,1H3,(H2,22,23,24)(H,25,26,27). The second-order valence-electron chi connectivity index (χ2n) is 5.66. The van der Waals surface area contributed by atoms with E-state index in [1.165, 1.54) is 13.3 Å². The molecular weight excluding hydrogens is 380 g/mol. The van der Waals surface area contributed by atoms with Gasteiger partial charge in [0.15, 0.2) is 11.7 Å². The highest BCUT2D eigenvalue weighted by molar-refractivity contribution is 5.79. The third-order valence-electron chi connectivity index (χ3n) is 3.74. The molecule has 0 saturated carbocycles. The molecule has 11 heteroatoms. The second-order valence-corrected chi connectivity index (χ2v) is 5.66. The predicted molar refractivity (Wildman–Crippen MR) is 92.5 cm³/mol. The van der Waals surface area contributed by atoms with Crippen molar-refractivity contribution in [2.45, 2.75) is 19.3 Å². The van der Waals surface area contributed by atoms with E-state index >= 15 is 0 Å². The van der Waals surface area contributed by atoms with Gasteiger partial charge in [-0.2, -0.15) is 13.2 Å². The molecule has 0 fully saturated rings. The quantitative estimate of drug-likeness (QED) is 0.350. The third kappa shape index (κ3) is 4.67. The molecule has 3 aromatic rings. The van der Waals surface area contributed by atoms with Crippen LogP contribution < -0.4 is 10.6 Å². The summed E-state index contributed by atoms with van der Waals surface area (Å²) in [6.07, 6.45) is -3.15. The molecular formula is C17H16F4N6O. The van der Waals surface area contributed by atoms with Gasteiger partial charge in [-0.1, -0.05) is 6.07 Å². The zero-order valence-electron chi connectivity index (χ0n) is 14.6. The lowest BCUT2D eigenvalue weighted by atomic mass is 10.1. The molecule has 0 saturated heterocycles. The summed E-state index contributed by atoms with van der Waals surface area (Å²) in [4.78, 5) is 8.18. The van der Waals surface area contributed by atoms with Gasteiger partial charge in [-0.25, -0.2) is 9.37 Å². The minimum Gasteiger partial charge on any atom is -0.461 e. The maximum Gasteiger partial charge on any atom is 0.416 e. The molecule has 3 rings (SSSR count). The summed E-state index contributed by atoms with van der Waals surface area (Å²) in [6, 6.07) is 5.96. The monoisotopic (exact) mass is 396 g/mol. The van der Waals surface area contributed by atoms with Crippen LogP contribution in [0.5, 0.6) is 0 Å². The van der Waals surface area contributed by atoms with Crippen LogP contribution in [-0.2, 0) is 19.3 Å². The number of aromatic nitrogens is 3. The van der Waals surface area contributed by atoms with Crippen molar-refractivity contribution in [1.29, 1.82) is 0 Å². The molecule has 0 aliphatic heterocycles. The number of hydrogen-bond acceptors (Lipinski definition) is 4. The number of furan rings is 1. The van der Waals surface area contributed by atoms with Gasteiger partial charge in [-0.15, -0.1) is 5.10 Å². The number of nitrogens with zero attached hydrogens (tertiary/aromatic N) is 3. The Morgan fingerprint density at radius 2 is 2.00 bits per heavy atom. The second kappa shape index (κ2) is 8.11.